The second kappa shape index (κ2) is 7.44. The van der Waals surface area contributed by atoms with Crippen LogP contribution in [-0.2, 0) is 12.8 Å². The first-order valence-corrected chi connectivity index (χ1v) is 10.2. The first-order valence-electron chi connectivity index (χ1n) is 9.40. The van der Waals surface area contributed by atoms with Crippen LogP contribution in [0.3, 0.4) is 0 Å². The monoisotopic (exact) mass is 382 g/mol. The van der Waals surface area contributed by atoms with Crippen molar-refractivity contribution in [2.24, 2.45) is 0 Å². The SMILES string of the molecule is COc1ccccc1C(CNc1nc(C)nc2sc3c(c12)CCC3)N(C)C. The average molecular weight is 383 g/mol. The van der Waals surface area contributed by atoms with E-state index < -0.39 is 0 Å². The van der Waals surface area contributed by atoms with E-state index in [4.69, 9.17) is 9.72 Å². The van der Waals surface area contributed by atoms with Gasteiger partial charge >= 0.3 is 0 Å². The molecular formula is C21H26N4OS. The molecule has 1 aliphatic rings. The molecule has 6 heteroatoms. The Balaban J connectivity index is 1.67. The lowest BCUT2D eigenvalue weighted by molar-refractivity contribution is 0.300. The van der Waals surface area contributed by atoms with Gasteiger partial charge in [-0.15, -0.1) is 11.3 Å². The molecule has 0 amide bonds. The summed E-state index contributed by atoms with van der Waals surface area (Å²) >= 11 is 1.84. The van der Waals surface area contributed by atoms with E-state index in [1.165, 1.54) is 34.2 Å². The first-order chi connectivity index (χ1) is 13.1. The van der Waals surface area contributed by atoms with Crippen LogP contribution >= 0.6 is 11.3 Å². The number of methoxy groups -OCH3 is 1. The maximum absolute atomic E-state index is 5.59. The molecule has 2 aromatic heterocycles. The lowest BCUT2D eigenvalue weighted by atomic mass is 10.0. The molecule has 0 spiro atoms. The summed E-state index contributed by atoms with van der Waals surface area (Å²) in [4.78, 5) is 14.3. The van der Waals surface area contributed by atoms with Gasteiger partial charge in [-0.25, -0.2) is 9.97 Å². The van der Waals surface area contributed by atoms with Crippen molar-refractivity contribution in [2.45, 2.75) is 32.2 Å². The highest BCUT2D eigenvalue weighted by atomic mass is 32.1. The van der Waals surface area contributed by atoms with E-state index in [1.54, 1.807) is 7.11 Å². The van der Waals surface area contributed by atoms with Crippen LogP contribution in [0.2, 0.25) is 0 Å². The Morgan fingerprint density at radius 3 is 2.81 bits per heavy atom. The third kappa shape index (κ3) is 3.39. The second-order valence-electron chi connectivity index (χ2n) is 7.26. The van der Waals surface area contributed by atoms with Crippen LogP contribution in [0.15, 0.2) is 24.3 Å². The highest BCUT2D eigenvalue weighted by Crippen LogP contribution is 2.39. The number of hydrogen-bond acceptors (Lipinski definition) is 6. The lowest BCUT2D eigenvalue weighted by Gasteiger charge is -2.27. The molecule has 4 rings (SSSR count). The molecule has 0 bridgehead atoms. The molecule has 1 aromatic carbocycles. The van der Waals surface area contributed by atoms with Gasteiger partial charge in [0.25, 0.3) is 0 Å². The van der Waals surface area contributed by atoms with Gasteiger partial charge in [0.1, 0.15) is 22.2 Å². The van der Waals surface area contributed by atoms with E-state index in [-0.39, 0.29) is 6.04 Å². The summed E-state index contributed by atoms with van der Waals surface area (Å²) < 4.78 is 5.59. The fourth-order valence-corrected chi connectivity index (χ4v) is 5.24. The maximum Gasteiger partial charge on any atom is 0.138 e. The molecule has 0 saturated carbocycles. The van der Waals surface area contributed by atoms with Crippen molar-refractivity contribution in [3.63, 3.8) is 0 Å². The molecule has 27 heavy (non-hydrogen) atoms. The number of benzene rings is 1. The molecule has 1 N–H and O–H groups in total. The Labute approximate surface area is 164 Å². The van der Waals surface area contributed by atoms with Crippen LogP contribution in [0.5, 0.6) is 5.75 Å². The number of fused-ring (bicyclic) bond motifs is 3. The number of thiophene rings is 1. The van der Waals surface area contributed by atoms with Crippen LogP contribution in [0.4, 0.5) is 5.82 Å². The normalized spacial score (nSPS) is 14.6. The zero-order chi connectivity index (χ0) is 19.0. The van der Waals surface area contributed by atoms with Crippen molar-refractivity contribution in [1.82, 2.24) is 14.9 Å². The summed E-state index contributed by atoms with van der Waals surface area (Å²) in [5, 5.41) is 4.87. The van der Waals surface area contributed by atoms with Gasteiger partial charge < -0.3 is 15.0 Å². The molecule has 0 aliphatic heterocycles. The van der Waals surface area contributed by atoms with Crippen molar-refractivity contribution in [1.29, 1.82) is 0 Å². The highest BCUT2D eigenvalue weighted by molar-refractivity contribution is 7.19. The summed E-state index contributed by atoms with van der Waals surface area (Å²) in [7, 11) is 5.93. The van der Waals surface area contributed by atoms with Crippen LogP contribution in [-0.4, -0.2) is 42.6 Å². The number of likely N-dealkylation sites (N-methyl/N-ethyl adjacent to an activating group) is 1. The van der Waals surface area contributed by atoms with Crippen molar-refractivity contribution in [3.8, 4) is 5.75 Å². The zero-order valence-electron chi connectivity index (χ0n) is 16.4. The third-order valence-electron chi connectivity index (χ3n) is 5.26. The topological polar surface area (TPSA) is 50.3 Å². The van der Waals surface area contributed by atoms with E-state index in [1.807, 2.05) is 30.4 Å². The molecule has 0 fully saturated rings. The van der Waals surface area contributed by atoms with Gasteiger partial charge in [-0.3, -0.25) is 0 Å². The van der Waals surface area contributed by atoms with E-state index in [2.05, 4.69) is 41.4 Å². The Bertz CT molecular complexity index is 966. The molecule has 2 heterocycles. The van der Waals surface area contributed by atoms with Crippen molar-refractivity contribution in [3.05, 3.63) is 46.1 Å². The van der Waals surface area contributed by atoms with Crippen LogP contribution < -0.4 is 10.1 Å². The quantitative estimate of drug-likeness (QED) is 0.692. The minimum absolute atomic E-state index is 0.179. The number of aryl methyl sites for hydroxylation is 3. The number of para-hydroxylation sites is 1. The predicted octanol–water partition coefficient (Wildman–Crippen LogP) is 4.21. The Kier molecular flexibility index (Phi) is 5.02. The number of anilines is 1. The summed E-state index contributed by atoms with van der Waals surface area (Å²) in [5.74, 6) is 2.71. The van der Waals surface area contributed by atoms with Gasteiger partial charge in [0.15, 0.2) is 0 Å². The predicted molar refractivity (Wildman–Crippen MR) is 112 cm³/mol. The molecule has 142 valence electrons. The molecule has 3 aromatic rings. The van der Waals surface area contributed by atoms with Crippen molar-refractivity contribution in [2.75, 3.05) is 33.1 Å². The van der Waals surface area contributed by atoms with Crippen molar-refractivity contribution >= 4 is 27.4 Å². The zero-order valence-corrected chi connectivity index (χ0v) is 17.2. The van der Waals surface area contributed by atoms with E-state index in [0.717, 1.165) is 35.2 Å². The minimum atomic E-state index is 0.179. The number of ether oxygens (including phenoxy) is 1. The van der Waals surface area contributed by atoms with Gasteiger partial charge in [0, 0.05) is 17.0 Å². The molecule has 5 nitrogen and oxygen atoms in total. The fraction of sp³-hybridized carbons (Fsp3) is 0.429. The summed E-state index contributed by atoms with van der Waals surface area (Å²) in [6.07, 6.45) is 3.56. The fourth-order valence-electron chi connectivity index (χ4n) is 3.94. The summed E-state index contributed by atoms with van der Waals surface area (Å²) in [6.45, 7) is 2.72. The lowest BCUT2D eigenvalue weighted by Crippen LogP contribution is -2.27. The van der Waals surface area contributed by atoms with E-state index in [9.17, 15) is 0 Å². The van der Waals surface area contributed by atoms with Crippen molar-refractivity contribution < 1.29 is 4.74 Å². The van der Waals surface area contributed by atoms with E-state index in [0.29, 0.717) is 0 Å². The average Bonchev–Trinajstić information content (AvgIpc) is 3.22. The summed E-state index contributed by atoms with van der Waals surface area (Å²) in [5.41, 5.74) is 2.63. The number of aromatic nitrogens is 2. The standard InChI is InChI=1S/C21H26N4OS/c1-13-23-20(19-15-9-7-11-18(15)27-21(19)24-13)22-12-16(25(2)3)14-8-5-6-10-17(14)26-4/h5-6,8,10,16H,7,9,11-12H2,1-4H3,(H,22,23,24). The van der Waals surface area contributed by atoms with Gasteiger partial charge in [0.2, 0.25) is 0 Å². The highest BCUT2D eigenvalue weighted by Gasteiger charge is 2.23. The second-order valence-corrected chi connectivity index (χ2v) is 8.34. The Morgan fingerprint density at radius 1 is 1.22 bits per heavy atom. The van der Waals surface area contributed by atoms with Crippen LogP contribution in [0.1, 0.15) is 34.3 Å². The van der Waals surface area contributed by atoms with Gasteiger partial charge in [-0.1, -0.05) is 18.2 Å². The molecular weight excluding hydrogens is 356 g/mol. The van der Waals surface area contributed by atoms with Gasteiger partial charge in [0.05, 0.1) is 18.5 Å². The molecule has 1 aliphatic carbocycles. The number of hydrogen-bond donors (Lipinski definition) is 1. The molecule has 1 atom stereocenters. The smallest absolute Gasteiger partial charge is 0.138 e. The maximum atomic E-state index is 5.59. The molecule has 0 radical (unpaired) electrons. The number of nitrogens with zero attached hydrogens (tertiary/aromatic N) is 3. The van der Waals surface area contributed by atoms with E-state index >= 15 is 0 Å². The first kappa shape index (κ1) is 18.2. The number of rotatable bonds is 6. The van der Waals surface area contributed by atoms with Crippen LogP contribution in [0.25, 0.3) is 10.2 Å². The molecule has 0 saturated heterocycles. The van der Waals surface area contributed by atoms with Gasteiger partial charge in [-0.05, 0) is 51.9 Å². The molecule has 1 unspecified atom stereocenters. The largest absolute Gasteiger partial charge is 0.496 e. The minimum Gasteiger partial charge on any atom is -0.496 e. The summed E-state index contributed by atoms with van der Waals surface area (Å²) in [6, 6.07) is 8.40. The van der Waals surface area contributed by atoms with Gasteiger partial charge in [-0.2, -0.15) is 0 Å². The Hall–Kier alpha value is -2.18. The van der Waals surface area contributed by atoms with Crippen LogP contribution in [0, 0.1) is 6.92 Å². The third-order valence-corrected chi connectivity index (χ3v) is 6.45. The Morgan fingerprint density at radius 2 is 2.04 bits per heavy atom. The number of nitrogens with one attached hydrogen (secondary N) is 1.